The molecule has 8 nitrogen and oxygen atoms in total. The minimum atomic E-state index is -0.662. The molecule has 2 aromatic rings. The van der Waals surface area contributed by atoms with Crippen molar-refractivity contribution in [3.63, 3.8) is 0 Å². The van der Waals surface area contributed by atoms with Crippen LogP contribution in [0.5, 0.6) is 0 Å². The molecular weight excluding hydrogens is 440 g/mol. The van der Waals surface area contributed by atoms with E-state index in [1.807, 2.05) is 4.90 Å². The summed E-state index contributed by atoms with van der Waals surface area (Å²) in [4.78, 5) is 51.3. The summed E-state index contributed by atoms with van der Waals surface area (Å²) >= 11 is 2.41. The summed E-state index contributed by atoms with van der Waals surface area (Å²) in [6, 6.07) is 8.37. The molecule has 2 heterocycles. The number of likely N-dealkylation sites (tertiary alicyclic amines) is 1. The fourth-order valence-electron chi connectivity index (χ4n) is 3.01. The number of amides is 2. The highest BCUT2D eigenvalue weighted by Crippen LogP contribution is 2.25. The molecule has 0 aliphatic carbocycles. The number of benzene rings is 1. The van der Waals surface area contributed by atoms with E-state index in [0.717, 1.165) is 37.3 Å². The third-order valence-corrected chi connectivity index (χ3v) is 6.51. The first-order valence-corrected chi connectivity index (χ1v) is 11.5. The van der Waals surface area contributed by atoms with Crippen LogP contribution in [0.15, 0.2) is 40.6 Å². The summed E-state index contributed by atoms with van der Waals surface area (Å²) in [5.74, 6) is -1.52. The van der Waals surface area contributed by atoms with Crippen molar-refractivity contribution in [2.75, 3.05) is 37.9 Å². The zero-order valence-electron chi connectivity index (χ0n) is 16.9. The van der Waals surface area contributed by atoms with E-state index in [1.165, 1.54) is 18.9 Å². The maximum absolute atomic E-state index is 12.5. The van der Waals surface area contributed by atoms with Crippen LogP contribution < -0.4 is 5.32 Å². The zero-order chi connectivity index (χ0) is 22.2. The first kappa shape index (κ1) is 22.8. The number of thiophene rings is 1. The predicted molar refractivity (Wildman–Crippen MR) is 118 cm³/mol. The minimum Gasteiger partial charge on any atom is -0.465 e. The number of hydrogen-bond donors (Lipinski definition) is 1. The fraction of sp³-hybridized carbons (Fsp3) is 0.333. The number of esters is 2. The number of methoxy groups -OCH3 is 1. The summed E-state index contributed by atoms with van der Waals surface area (Å²) in [6.07, 6.45) is 2.04. The van der Waals surface area contributed by atoms with Crippen molar-refractivity contribution >= 4 is 52.5 Å². The average Bonchev–Trinajstić information content (AvgIpc) is 3.48. The van der Waals surface area contributed by atoms with E-state index in [1.54, 1.807) is 35.7 Å². The smallest absolute Gasteiger partial charge is 0.350 e. The minimum absolute atomic E-state index is 0.0437. The van der Waals surface area contributed by atoms with Gasteiger partial charge in [-0.05, 0) is 36.4 Å². The van der Waals surface area contributed by atoms with Crippen molar-refractivity contribution in [1.82, 2.24) is 4.90 Å². The molecular formula is C21H22N2O6S2. The lowest BCUT2D eigenvalue weighted by atomic mass is 10.2. The van der Waals surface area contributed by atoms with Crippen LogP contribution in [0.25, 0.3) is 0 Å². The number of nitrogens with one attached hydrogen (secondary N) is 1. The third kappa shape index (κ3) is 6.08. The van der Waals surface area contributed by atoms with Gasteiger partial charge in [-0.25, -0.2) is 9.59 Å². The standard InChI is InChI=1S/C21H22N2O6S2/c1-28-21(27)19-15(8-11-30-19)22-17(24)12-29-20(26)14-6-2-3-7-16(14)31-13-18(25)23-9-4-5-10-23/h2-3,6-8,11H,4-5,9-10,12-13H2,1H3,(H,22,24). The molecule has 1 N–H and O–H groups in total. The van der Waals surface area contributed by atoms with Gasteiger partial charge in [0, 0.05) is 18.0 Å². The van der Waals surface area contributed by atoms with Crippen LogP contribution in [0, 0.1) is 0 Å². The molecule has 0 bridgehead atoms. The Kier molecular flexibility index (Phi) is 8.07. The Morgan fingerprint density at radius 3 is 2.58 bits per heavy atom. The highest BCUT2D eigenvalue weighted by Gasteiger charge is 2.21. The van der Waals surface area contributed by atoms with Crippen LogP contribution in [0.3, 0.4) is 0 Å². The molecule has 0 saturated carbocycles. The summed E-state index contributed by atoms with van der Waals surface area (Å²) in [5.41, 5.74) is 0.592. The van der Waals surface area contributed by atoms with Gasteiger partial charge in [0.25, 0.3) is 5.91 Å². The van der Waals surface area contributed by atoms with Gasteiger partial charge < -0.3 is 19.7 Å². The van der Waals surface area contributed by atoms with E-state index in [4.69, 9.17) is 4.74 Å². The highest BCUT2D eigenvalue weighted by molar-refractivity contribution is 8.00. The Morgan fingerprint density at radius 1 is 1.10 bits per heavy atom. The Balaban J connectivity index is 1.54. The van der Waals surface area contributed by atoms with E-state index in [9.17, 15) is 19.2 Å². The van der Waals surface area contributed by atoms with Gasteiger partial charge in [0.15, 0.2) is 6.61 Å². The number of ether oxygens (including phenoxy) is 2. The number of carbonyl (C=O) groups is 4. The molecule has 10 heteroatoms. The maximum Gasteiger partial charge on any atom is 0.350 e. The molecule has 1 saturated heterocycles. The summed E-state index contributed by atoms with van der Waals surface area (Å²) in [7, 11) is 1.25. The number of rotatable bonds is 8. The van der Waals surface area contributed by atoms with Crippen LogP contribution in [0.2, 0.25) is 0 Å². The Labute approximate surface area is 187 Å². The number of thioether (sulfide) groups is 1. The van der Waals surface area contributed by atoms with E-state index in [2.05, 4.69) is 10.1 Å². The van der Waals surface area contributed by atoms with E-state index < -0.39 is 24.5 Å². The van der Waals surface area contributed by atoms with E-state index in [0.29, 0.717) is 16.1 Å². The molecule has 1 fully saturated rings. The van der Waals surface area contributed by atoms with Crippen LogP contribution in [0.1, 0.15) is 32.9 Å². The van der Waals surface area contributed by atoms with Gasteiger partial charge in [0.1, 0.15) is 4.88 Å². The summed E-state index contributed by atoms with van der Waals surface area (Å²) in [6.45, 7) is 1.04. The molecule has 0 atom stereocenters. The quantitative estimate of drug-likeness (QED) is 0.475. The van der Waals surface area contributed by atoms with Gasteiger partial charge in [-0.3, -0.25) is 9.59 Å². The third-order valence-electron chi connectivity index (χ3n) is 4.56. The monoisotopic (exact) mass is 462 g/mol. The second-order valence-corrected chi connectivity index (χ2v) is 8.59. The molecule has 1 aromatic heterocycles. The maximum atomic E-state index is 12.5. The highest BCUT2D eigenvalue weighted by atomic mass is 32.2. The largest absolute Gasteiger partial charge is 0.465 e. The zero-order valence-corrected chi connectivity index (χ0v) is 18.6. The number of nitrogens with zero attached hydrogens (tertiary/aromatic N) is 1. The van der Waals surface area contributed by atoms with Crippen molar-refractivity contribution in [1.29, 1.82) is 0 Å². The molecule has 0 unspecified atom stereocenters. The molecule has 1 aliphatic heterocycles. The van der Waals surface area contributed by atoms with Gasteiger partial charge in [-0.2, -0.15) is 0 Å². The van der Waals surface area contributed by atoms with Crippen molar-refractivity contribution in [3.8, 4) is 0 Å². The van der Waals surface area contributed by atoms with E-state index in [-0.39, 0.29) is 16.5 Å². The van der Waals surface area contributed by atoms with Gasteiger partial charge in [0.2, 0.25) is 5.91 Å². The second-order valence-electron chi connectivity index (χ2n) is 6.65. The molecule has 0 spiro atoms. The van der Waals surface area contributed by atoms with Crippen LogP contribution in [0.4, 0.5) is 5.69 Å². The van der Waals surface area contributed by atoms with Crippen molar-refractivity contribution in [2.24, 2.45) is 0 Å². The molecule has 164 valence electrons. The van der Waals surface area contributed by atoms with E-state index >= 15 is 0 Å². The normalized spacial score (nSPS) is 13.0. The molecule has 3 rings (SSSR count). The molecule has 0 radical (unpaired) electrons. The van der Waals surface area contributed by atoms with Gasteiger partial charge in [0.05, 0.1) is 24.1 Å². The molecule has 31 heavy (non-hydrogen) atoms. The van der Waals surface area contributed by atoms with Crippen LogP contribution in [-0.4, -0.2) is 61.2 Å². The lowest BCUT2D eigenvalue weighted by Gasteiger charge is -2.15. The number of carbonyl (C=O) groups excluding carboxylic acids is 4. The Bertz CT molecular complexity index is 968. The Morgan fingerprint density at radius 2 is 1.84 bits per heavy atom. The molecule has 1 aromatic carbocycles. The van der Waals surface area contributed by atoms with Crippen molar-refractivity contribution in [3.05, 3.63) is 46.2 Å². The Hall–Kier alpha value is -2.85. The molecule has 2 amide bonds. The lowest BCUT2D eigenvalue weighted by molar-refractivity contribution is -0.127. The fourth-order valence-corrected chi connectivity index (χ4v) is 4.72. The predicted octanol–water partition coefficient (Wildman–Crippen LogP) is 3.04. The topological polar surface area (TPSA) is 102 Å². The number of hydrogen-bond acceptors (Lipinski definition) is 8. The second kappa shape index (κ2) is 11.0. The lowest BCUT2D eigenvalue weighted by Crippen LogP contribution is -2.29. The SMILES string of the molecule is COC(=O)c1sccc1NC(=O)COC(=O)c1ccccc1SCC(=O)N1CCCC1. The van der Waals surface area contributed by atoms with Gasteiger partial charge >= 0.3 is 11.9 Å². The number of anilines is 1. The van der Waals surface area contributed by atoms with Crippen molar-refractivity contribution in [2.45, 2.75) is 17.7 Å². The van der Waals surface area contributed by atoms with Crippen LogP contribution in [-0.2, 0) is 19.1 Å². The van der Waals surface area contributed by atoms with Crippen molar-refractivity contribution < 1.29 is 28.7 Å². The first-order valence-electron chi connectivity index (χ1n) is 9.62. The summed E-state index contributed by atoms with van der Waals surface area (Å²) < 4.78 is 9.80. The average molecular weight is 463 g/mol. The molecule has 1 aliphatic rings. The van der Waals surface area contributed by atoms with Gasteiger partial charge in [-0.1, -0.05) is 12.1 Å². The van der Waals surface area contributed by atoms with Gasteiger partial charge in [-0.15, -0.1) is 23.1 Å². The summed E-state index contributed by atoms with van der Waals surface area (Å²) in [5, 5.41) is 4.18. The first-order chi connectivity index (χ1) is 15.0. The van der Waals surface area contributed by atoms with Crippen LogP contribution >= 0.6 is 23.1 Å².